The number of likely N-dealkylation sites (N-methyl/N-ethyl adjacent to an activating group) is 1. The Morgan fingerprint density at radius 2 is 1.66 bits per heavy atom. The highest BCUT2D eigenvalue weighted by molar-refractivity contribution is 5.97. The minimum Gasteiger partial charge on any atom is -0.341 e. The number of anilines is 1. The predicted molar refractivity (Wildman–Crippen MR) is 98.5 cm³/mol. The Kier molecular flexibility index (Phi) is 7.32. The first-order chi connectivity index (χ1) is 13.7. The molecule has 7 nitrogen and oxygen atoms in total. The van der Waals surface area contributed by atoms with Crippen LogP contribution in [0.1, 0.15) is 11.6 Å². The zero-order valence-electron chi connectivity index (χ0n) is 15.7. The number of benzene rings is 2. The summed E-state index contributed by atoms with van der Waals surface area (Å²) in [5, 5.41) is 6.58. The van der Waals surface area contributed by atoms with Crippen molar-refractivity contribution in [1.82, 2.24) is 10.6 Å². The third-order valence-electron chi connectivity index (χ3n) is 4.10. The van der Waals surface area contributed by atoms with Gasteiger partial charge in [0.15, 0.2) is 30.0 Å². The lowest BCUT2D eigenvalue weighted by molar-refractivity contribution is -0.894. The van der Waals surface area contributed by atoms with Crippen LogP contribution in [-0.2, 0) is 9.59 Å². The largest absolute Gasteiger partial charge is 0.341 e. The zero-order valence-corrected chi connectivity index (χ0v) is 15.7. The number of hydrogen-bond acceptors (Lipinski definition) is 3. The number of imide groups is 1. The van der Waals surface area contributed by atoms with E-state index in [2.05, 4.69) is 16.0 Å². The highest BCUT2D eigenvalue weighted by Gasteiger charge is 2.31. The maximum atomic E-state index is 13.7. The molecule has 2 atom stereocenters. The summed E-state index contributed by atoms with van der Waals surface area (Å²) in [6, 6.07) is 8.38. The van der Waals surface area contributed by atoms with Gasteiger partial charge in [-0.05, 0) is 12.1 Å². The first-order valence-electron chi connectivity index (χ1n) is 8.57. The summed E-state index contributed by atoms with van der Waals surface area (Å²) in [5.41, 5.74) is 0.0194. The van der Waals surface area contributed by atoms with Crippen LogP contribution in [0.2, 0.25) is 0 Å². The van der Waals surface area contributed by atoms with Gasteiger partial charge in [-0.25, -0.2) is 18.0 Å². The molecule has 0 aliphatic rings. The van der Waals surface area contributed by atoms with E-state index in [0.29, 0.717) is 16.5 Å². The highest BCUT2D eigenvalue weighted by Crippen LogP contribution is 2.19. The summed E-state index contributed by atoms with van der Waals surface area (Å²) in [6.45, 7) is -0.320. The van der Waals surface area contributed by atoms with Gasteiger partial charge in [0, 0.05) is 12.6 Å². The van der Waals surface area contributed by atoms with E-state index in [0.717, 1.165) is 6.07 Å². The summed E-state index contributed by atoms with van der Waals surface area (Å²) in [4.78, 5) is 36.7. The second-order valence-corrected chi connectivity index (χ2v) is 6.21. The average molecular weight is 409 g/mol. The number of carbonyl (C=O) groups excluding carboxylic acids is 3. The van der Waals surface area contributed by atoms with Crippen LogP contribution in [0, 0.1) is 17.5 Å². The Labute approximate surface area is 164 Å². The van der Waals surface area contributed by atoms with Crippen molar-refractivity contribution in [2.24, 2.45) is 0 Å². The number of hydrogen-bond donors (Lipinski definition) is 4. The molecule has 10 heteroatoms. The maximum Gasteiger partial charge on any atom is 0.321 e. The average Bonchev–Trinajstić information content (AvgIpc) is 2.69. The summed E-state index contributed by atoms with van der Waals surface area (Å²) in [6.07, 6.45) is 0. The normalized spacial score (nSPS) is 12.6. The molecule has 0 aromatic heterocycles. The fourth-order valence-electron chi connectivity index (χ4n) is 2.72. The number of halogens is 3. The van der Waals surface area contributed by atoms with Crippen molar-refractivity contribution in [1.29, 1.82) is 0 Å². The molecular formula is C19H20F3N4O3+. The van der Waals surface area contributed by atoms with E-state index in [9.17, 15) is 27.6 Å². The number of nitrogens with one attached hydrogen (secondary N) is 4. The van der Waals surface area contributed by atoms with Gasteiger partial charge in [0.25, 0.3) is 11.8 Å². The molecule has 29 heavy (non-hydrogen) atoms. The minimum atomic E-state index is -1.70. The zero-order chi connectivity index (χ0) is 21.6. The van der Waals surface area contributed by atoms with Crippen LogP contribution in [-0.4, -0.2) is 38.5 Å². The molecule has 0 heterocycles. The number of urea groups is 1. The first-order valence-corrected chi connectivity index (χ1v) is 8.57. The van der Waals surface area contributed by atoms with Crippen LogP contribution in [0.3, 0.4) is 0 Å². The van der Waals surface area contributed by atoms with Crippen molar-refractivity contribution in [2.75, 3.05) is 26.0 Å². The monoisotopic (exact) mass is 409 g/mol. The van der Waals surface area contributed by atoms with Gasteiger partial charge < -0.3 is 15.5 Å². The molecule has 4 N–H and O–H groups in total. The highest BCUT2D eigenvalue weighted by atomic mass is 19.2. The molecule has 0 aliphatic carbocycles. The van der Waals surface area contributed by atoms with E-state index in [1.807, 2.05) is 0 Å². The van der Waals surface area contributed by atoms with Gasteiger partial charge in [0.1, 0.15) is 0 Å². The maximum absolute atomic E-state index is 13.7. The van der Waals surface area contributed by atoms with E-state index in [1.165, 1.54) is 14.1 Å². The minimum absolute atomic E-state index is 0.320. The molecule has 154 valence electrons. The molecule has 4 amide bonds. The molecule has 0 saturated heterocycles. The van der Waals surface area contributed by atoms with Gasteiger partial charge in [0.2, 0.25) is 0 Å². The Hall–Kier alpha value is -3.40. The lowest BCUT2D eigenvalue weighted by Gasteiger charge is -2.24. The van der Waals surface area contributed by atoms with Crippen LogP contribution < -0.4 is 20.9 Å². The lowest BCUT2D eigenvalue weighted by atomic mass is 10.0. The van der Waals surface area contributed by atoms with E-state index in [-0.39, 0.29) is 6.54 Å². The summed E-state index contributed by atoms with van der Waals surface area (Å²) >= 11 is 0. The van der Waals surface area contributed by atoms with Gasteiger partial charge in [0.05, 0.1) is 12.7 Å². The second-order valence-electron chi connectivity index (χ2n) is 6.21. The Balaban J connectivity index is 2.17. The number of carbonyl (C=O) groups is 3. The van der Waals surface area contributed by atoms with Crippen LogP contribution in [0.5, 0.6) is 0 Å². The van der Waals surface area contributed by atoms with E-state index < -0.39 is 47.0 Å². The fourth-order valence-corrected chi connectivity index (χ4v) is 2.72. The molecule has 1 unspecified atom stereocenters. The van der Waals surface area contributed by atoms with Gasteiger partial charge in [-0.15, -0.1) is 0 Å². The third kappa shape index (κ3) is 5.55. The predicted octanol–water partition coefficient (Wildman–Crippen LogP) is 0.754. The number of rotatable bonds is 6. The van der Waals surface area contributed by atoms with E-state index in [1.54, 1.807) is 30.3 Å². The summed E-state index contributed by atoms with van der Waals surface area (Å²) < 4.78 is 40.1. The molecule has 2 aromatic carbocycles. The summed E-state index contributed by atoms with van der Waals surface area (Å²) in [7, 11) is 2.88. The SMILES string of the molecule is CNC(=O)NC(=O)[C@H](c1ccccc1)[NH+](C)CC(=O)Nc1ccc(F)c(F)c1F. The van der Waals surface area contributed by atoms with Crippen molar-refractivity contribution < 1.29 is 32.5 Å². The van der Waals surface area contributed by atoms with E-state index in [4.69, 9.17) is 0 Å². The summed E-state index contributed by atoms with van der Waals surface area (Å²) in [5.74, 6) is -5.98. The van der Waals surface area contributed by atoms with Crippen molar-refractivity contribution in [3.63, 3.8) is 0 Å². The smallest absolute Gasteiger partial charge is 0.321 e. The molecule has 0 spiro atoms. The molecule has 0 bridgehead atoms. The molecule has 0 radical (unpaired) electrons. The van der Waals surface area contributed by atoms with Crippen LogP contribution in [0.4, 0.5) is 23.7 Å². The topological polar surface area (TPSA) is 91.7 Å². The Morgan fingerprint density at radius 1 is 1.00 bits per heavy atom. The van der Waals surface area contributed by atoms with Gasteiger partial charge in [-0.1, -0.05) is 30.3 Å². The molecule has 0 fully saturated rings. The fraction of sp³-hybridized carbons (Fsp3) is 0.211. The number of amides is 4. The van der Waals surface area contributed by atoms with Crippen molar-refractivity contribution in [2.45, 2.75) is 6.04 Å². The van der Waals surface area contributed by atoms with Crippen molar-refractivity contribution in [3.05, 3.63) is 65.5 Å². The lowest BCUT2D eigenvalue weighted by Crippen LogP contribution is -3.11. The Morgan fingerprint density at radius 3 is 2.28 bits per heavy atom. The van der Waals surface area contributed by atoms with Crippen molar-refractivity contribution >= 4 is 23.5 Å². The molecule has 2 rings (SSSR count). The molecule has 0 saturated carbocycles. The van der Waals surface area contributed by atoms with E-state index >= 15 is 0 Å². The number of quaternary nitrogens is 1. The van der Waals surface area contributed by atoms with Crippen LogP contribution in [0.15, 0.2) is 42.5 Å². The third-order valence-corrected chi connectivity index (χ3v) is 4.10. The molecule has 2 aromatic rings. The van der Waals surface area contributed by atoms with Crippen LogP contribution >= 0.6 is 0 Å². The Bertz CT molecular complexity index is 909. The van der Waals surface area contributed by atoms with Gasteiger partial charge in [-0.2, -0.15) is 0 Å². The standard InChI is InChI=1S/C19H19F3N4O3/c1-23-19(29)25-18(28)17(11-6-4-3-5-7-11)26(2)10-14(27)24-13-9-8-12(20)15(21)16(13)22/h3-9,17H,10H2,1-2H3,(H,24,27)(H2,23,25,28,29)/p+1/t17-/m0/s1. The molecule has 0 aliphatic heterocycles. The molecular weight excluding hydrogens is 389 g/mol. The van der Waals surface area contributed by atoms with Crippen molar-refractivity contribution in [3.8, 4) is 0 Å². The van der Waals surface area contributed by atoms with Crippen LogP contribution in [0.25, 0.3) is 0 Å². The second kappa shape index (κ2) is 9.69. The van der Waals surface area contributed by atoms with Gasteiger partial charge in [-0.3, -0.25) is 14.9 Å². The quantitative estimate of drug-likeness (QED) is 0.531. The first kappa shape index (κ1) is 21.9. The van der Waals surface area contributed by atoms with Gasteiger partial charge >= 0.3 is 6.03 Å².